The summed E-state index contributed by atoms with van der Waals surface area (Å²) in [5, 5.41) is 0.333. The number of halogens is 2. The predicted octanol–water partition coefficient (Wildman–Crippen LogP) is 6.48. The van der Waals surface area contributed by atoms with E-state index in [1.165, 1.54) is 29.2 Å². The fourth-order valence-electron chi connectivity index (χ4n) is 4.83. The molecule has 0 radical (unpaired) electrons. The standard InChI is InChI=1S/C30H24ClFN2O3/c1-4-19-13-21(16-34-29(36)26-17(2)9-10-18(3)27(26)30(34)37)33(15-19)25-12-11-20(31)14-23(25)28(35)22-7-5-6-8-24(22)32/h5-15H,4,16H2,1-3H3. The van der Waals surface area contributed by atoms with Crippen molar-refractivity contribution in [1.82, 2.24) is 9.47 Å². The van der Waals surface area contributed by atoms with Gasteiger partial charge in [0.05, 0.1) is 28.9 Å². The van der Waals surface area contributed by atoms with Gasteiger partial charge >= 0.3 is 0 Å². The molecule has 3 aromatic carbocycles. The smallest absolute Gasteiger partial charge is 0.262 e. The van der Waals surface area contributed by atoms with E-state index in [0.29, 0.717) is 34.0 Å². The van der Waals surface area contributed by atoms with Crippen molar-refractivity contribution < 1.29 is 18.8 Å². The quantitative estimate of drug-likeness (QED) is 0.219. The van der Waals surface area contributed by atoms with Gasteiger partial charge in [-0.1, -0.05) is 42.8 Å². The highest BCUT2D eigenvalue weighted by Crippen LogP contribution is 2.32. The molecule has 37 heavy (non-hydrogen) atoms. The second-order valence-electron chi connectivity index (χ2n) is 9.18. The van der Waals surface area contributed by atoms with Gasteiger partial charge in [-0.05, 0) is 73.4 Å². The number of rotatable bonds is 6. The molecule has 0 unspecified atom stereocenters. The molecular formula is C30H24ClFN2O3. The van der Waals surface area contributed by atoms with E-state index < -0.39 is 11.6 Å². The average Bonchev–Trinajstić information content (AvgIpc) is 3.41. The lowest BCUT2D eigenvalue weighted by Crippen LogP contribution is -2.30. The Hall–Kier alpha value is -4.03. The number of nitrogens with zero attached hydrogens (tertiary/aromatic N) is 2. The molecule has 7 heteroatoms. The van der Waals surface area contributed by atoms with E-state index in [-0.39, 0.29) is 29.5 Å². The summed E-state index contributed by atoms with van der Waals surface area (Å²) in [4.78, 5) is 41.4. The summed E-state index contributed by atoms with van der Waals surface area (Å²) in [6.07, 6.45) is 2.57. The zero-order chi connectivity index (χ0) is 26.4. The Morgan fingerprint density at radius 3 is 2.16 bits per heavy atom. The number of hydrogen-bond donors (Lipinski definition) is 0. The van der Waals surface area contributed by atoms with E-state index in [1.807, 2.05) is 45.2 Å². The zero-order valence-corrected chi connectivity index (χ0v) is 21.4. The Bertz CT molecular complexity index is 1560. The number of amides is 2. The van der Waals surface area contributed by atoms with Crippen LogP contribution in [0.5, 0.6) is 0 Å². The number of ketones is 1. The van der Waals surface area contributed by atoms with Crippen LogP contribution in [-0.4, -0.2) is 27.1 Å². The van der Waals surface area contributed by atoms with Gasteiger partial charge in [-0.2, -0.15) is 0 Å². The van der Waals surface area contributed by atoms with Crippen LogP contribution in [0.4, 0.5) is 4.39 Å². The van der Waals surface area contributed by atoms with Crippen LogP contribution in [0, 0.1) is 19.7 Å². The minimum absolute atomic E-state index is 0.0151. The molecule has 5 nitrogen and oxygen atoms in total. The molecule has 0 saturated heterocycles. The lowest BCUT2D eigenvalue weighted by Gasteiger charge is -2.18. The Morgan fingerprint density at radius 1 is 0.892 bits per heavy atom. The zero-order valence-electron chi connectivity index (χ0n) is 20.6. The summed E-state index contributed by atoms with van der Waals surface area (Å²) in [6, 6.07) is 16.2. The fraction of sp³-hybridized carbons (Fsp3) is 0.167. The predicted molar refractivity (Wildman–Crippen MR) is 140 cm³/mol. The van der Waals surface area contributed by atoms with Gasteiger partial charge in [-0.25, -0.2) is 4.39 Å². The Morgan fingerprint density at radius 2 is 1.54 bits per heavy atom. The monoisotopic (exact) mass is 514 g/mol. The molecule has 1 aliphatic rings. The van der Waals surface area contributed by atoms with E-state index in [0.717, 1.165) is 16.7 Å². The summed E-state index contributed by atoms with van der Waals surface area (Å²) >= 11 is 6.25. The molecule has 0 N–H and O–H groups in total. The molecule has 5 rings (SSSR count). The largest absolute Gasteiger partial charge is 0.318 e. The van der Waals surface area contributed by atoms with Gasteiger partial charge in [0.2, 0.25) is 0 Å². The number of imide groups is 1. The molecule has 2 amide bonds. The summed E-state index contributed by atoms with van der Waals surface area (Å²) in [5.41, 5.74) is 4.60. The van der Waals surface area contributed by atoms with E-state index in [2.05, 4.69) is 0 Å². The van der Waals surface area contributed by atoms with Crippen LogP contribution in [0.2, 0.25) is 5.02 Å². The Balaban J connectivity index is 1.60. The number of carbonyl (C=O) groups is 3. The van der Waals surface area contributed by atoms with Crippen LogP contribution in [0.25, 0.3) is 5.69 Å². The second-order valence-corrected chi connectivity index (χ2v) is 9.62. The van der Waals surface area contributed by atoms with Crippen LogP contribution >= 0.6 is 11.6 Å². The number of carbonyl (C=O) groups excluding carboxylic acids is 3. The summed E-state index contributed by atoms with van der Waals surface area (Å²) in [7, 11) is 0. The molecule has 186 valence electrons. The molecule has 0 atom stereocenters. The number of benzene rings is 3. The van der Waals surface area contributed by atoms with E-state index in [4.69, 9.17) is 11.6 Å². The SMILES string of the molecule is CCc1cc(CN2C(=O)c3c(C)ccc(C)c3C2=O)n(-c2ccc(Cl)cc2C(=O)c2ccccc2F)c1. The van der Waals surface area contributed by atoms with Gasteiger partial charge in [0.25, 0.3) is 11.8 Å². The maximum Gasteiger partial charge on any atom is 0.262 e. The summed E-state index contributed by atoms with van der Waals surface area (Å²) < 4.78 is 16.3. The van der Waals surface area contributed by atoms with Crippen molar-refractivity contribution in [3.8, 4) is 5.69 Å². The molecule has 0 aliphatic carbocycles. The van der Waals surface area contributed by atoms with Crippen molar-refractivity contribution in [2.45, 2.75) is 33.7 Å². The van der Waals surface area contributed by atoms with Gasteiger partial charge < -0.3 is 4.57 Å². The molecule has 1 aliphatic heterocycles. The first-order valence-electron chi connectivity index (χ1n) is 12.0. The lowest BCUT2D eigenvalue weighted by atomic mass is 9.99. The van der Waals surface area contributed by atoms with Crippen molar-refractivity contribution in [3.63, 3.8) is 0 Å². The molecular weight excluding hydrogens is 491 g/mol. The number of aromatic nitrogens is 1. The van der Waals surface area contributed by atoms with Crippen molar-refractivity contribution in [2.24, 2.45) is 0 Å². The van der Waals surface area contributed by atoms with Crippen LogP contribution < -0.4 is 0 Å². The van der Waals surface area contributed by atoms with E-state index in [9.17, 15) is 18.8 Å². The highest BCUT2D eigenvalue weighted by molar-refractivity contribution is 6.31. The van der Waals surface area contributed by atoms with Gasteiger partial charge in [0, 0.05) is 22.5 Å². The van der Waals surface area contributed by atoms with Crippen molar-refractivity contribution in [2.75, 3.05) is 0 Å². The normalized spacial score (nSPS) is 12.8. The maximum atomic E-state index is 14.5. The third-order valence-electron chi connectivity index (χ3n) is 6.81. The molecule has 0 spiro atoms. The van der Waals surface area contributed by atoms with Gasteiger partial charge in [-0.15, -0.1) is 0 Å². The molecule has 1 aromatic heterocycles. The van der Waals surface area contributed by atoms with Gasteiger partial charge in [0.15, 0.2) is 5.78 Å². The molecule has 4 aromatic rings. The fourth-order valence-corrected chi connectivity index (χ4v) is 5.00. The van der Waals surface area contributed by atoms with Crippen LogP contribution in [0.3, 0.4) is 0 Å². The maximum absolute atomic E-state index is 14.5. The summed E-state index contributed by atoms with van der Waals surface area (Å²) in [6.45, 7) is 5.64. The molecule has 2 heterocycles. The minimum Gasteiger partial charge on any atom is -0.318 e. The molecule has 0 bridgehead atoms. The van der Waals surface area contributed by atoms with Gasteiger partial charge in [-0.3, -0.25) is 19.3 Å². The van der Waals surface area contributed by atoms with Crippen LogP contribution in [0.1, 0.15) is 65.9 Å². The van der Waals surface area contributed by atoms with Crippen LogP contribution in [0.15, 0.2) is 66.9 Å². The topological polar surface area (TPSA) is 59.4 Å². The van der Waals surface area contributed by atoms with E-state index >= 15 is 0 Å². The van der Waals surface area contributed by atoms with Crippen molar-refractivity contribution in [3.05, 3.63) is 122 Å². The highest BCUT2D eigenvalue weighted by atomic mass is 35.5. The third-order valence-corrected chi connectivity index (χ3v) is 7.04. The number of hydrogen-bond acceptors (Lipinski definition) is 3. The van der Waals surface area contributed by atoms with Crippen molar-refractivity contribution >= 4 is 29.2 Å². The molecule has 0 saturated carbocycles. The van der Waals surface area contributed by atoms with Crippen molar-refractivity contribution in [1.29, 1.82) is 0 Å². The first kappa shape index (κ1) is 24.7. The third kappa shape index (κ3) is 4.17. The Labute approximate surface area is 219 Å². The van der Waals surface area contributed by atoms with E-state index in [1.54, 1.807) is 22.8 Å². The Kier molecular flexibility index (Phi) is 6.30. The lowest BCUT2D eigenvalue weighted by molar-refractivity contribution is 0.0639. The summed E-state index contributed by atoms with van der Waals surface area (Å²) in [5.74, 6) is -1.83. The van der Waals surface area contributed by atoms with Gasteiger partial charge in [0.1, 0.15) is 5.82 Å². The second kappa shape index (κ2) is 9.45. The molecule has 0 fully saturated rings. The minimum atomic E-state index is -0.628. The average molecular weight is 515 g/mol. The number of fused-ring (bicyclic) bond motifs is 1. The van der Waals surface area contributed by atoms with Crippen LogP contribution in [-0.2, 0) is 13.0 Å². The first-order valence-corrected chi connectivity index (χ1v) is 12.3. The number of aryl methyl sites for hydroxylation is 3. The first-order chi connectivity index (χ1) is 17.7. The highest BCUT2D eigenvalue weighted by Gasteiger charge is 2.38.